The van der Waals surface area contributed by atoms with Crippen LogP contribution in [0, 0.1) is 0 Å². The Morgan fingerprint density at radius 3 is 1.74 bits per heavy atom. The number of aliphatic hydroxyl groups is 2. The van der Waals surface area contributed by atoms with Crippen molar-refractivity contribution in [2.24, 2.45) is 0 Å². The Labute approximate surface area is 184 Å². The van der Waals surface area contributed by atoms with Crippen molar-refractivity contribution in [2.75, 3.05) is 6.61 Å². The topological polar surface area (TPSA) is 119 Å². The molecule has 31 heavy (non-hydrogen) atoms. The summed E-state index contributed by atoms with van der Waals surface area (Å²) < 4.78 is 0. The maximum Gasteiger partial charge on any atom is 0.328 e. The van der Waals surface area contributed by atoms with E-state index in [4.69, 9.17) is 0 Å². The van der Waals surface area contributed by atoms with E-state index in [-0.39, 0.29) is 5.04 Å². The normalized spacial score (nSPS) is 15.0. The van der Waals surface area contributed by atoms with Gasteiger partial charge >= 0.3 is 5.97 Å². The van der Waals surface area contributed by atoms with E-state index in [1.807, 2.05) is 60.7 Å². The second-order valence-electron chi connectivity index (χ2n) is 8.68. The van der Waals surface area contributed by atoms with Gasteiger partial charge in [-0.2, -0.15) is 0 Å². The van der Waals surface area contributed by atoms with Crippen molar-refractivity contribution in [1.29, 1.82) is 0 Å². The molecule has 8 heteroatoms. The molecule has 0 saturated heterocycles. The van der Waals surface area contributed by atoms with E-state index in [9.17, 15) is 24.9 Å². The van der Waals surface area contributed by atoms with Gasteiger partial charge in [0.1, 0.15) is 6.04 Å². The quantitative estimate of drug-likeness (QED) is 0.358. The highest BCUT2D eigenvalue weighted by Gasteiger charge is 2.50. The number of hydrogen-bond donors (Lipinski definition) is 5. The van der Waals surface area contributed by atoms with E-state index < -0.39 is 44.9 Å². The van der Waals surface area contributed by atoms with Crippen LogP contribution in [0.1, 0.15) is 27.7 Å². The van der Waals surface area contributed by atoms with Gasteiger partial charge < -0.3 is 25.6 Å². The molecule has 0 aliphatic rings. The van der Waals surface area contributed by atoms with Gasteiger partial charge in [-0.3, -0.25) is 4.79 Å². The van der Waals surface area contributed by atoms with E-state index in [2.05, 4.69) is 31.1 Å². The summed E-state index contributed by atoms with van der Waals surface area (Å²) >= 11 is 0. The minimum atomic E-state index is -2.88. The number of benzene rings is 2. The average Bonchev–Trinajstić information content (AvgIpc) is 2.72. The Bertz CT molecular complexity index is 829. The molecular weight excluding hydrogens is 412 g/mol. The summed E-state index contributed by atoms with van der Waals surface area (Å²) in [6.07, 6.45) is -1.28. The highest BCUT2D eigenvalue weighted by molar-refractivity contribution is 7.02. The first-order valence-corrected chi connectivity index (χ1v) is 12.3. The van der Waals surface area contributed by atoms with Gasteiger partial charge in [0.15, 0.2) is 14.3 Å². The van der Waals surface area contributed by atoms with Crippen LogP contribution >= 0.6 is 0 Å². The number of nitrogens with one attached hydrogen (secondary N) is 2. The molecule has 3 atom stereocenters. The van der Waals surface area contributed by atoms with Gasteiger partial charge in [0.25, 0.3) is 0 Å². The van der Waals surface area contributed by atoms with Crippen LogP contribution in [-0.4, -0.2) is 60.2 Å². The largest absolute Gasteiger partial charge is 0.480 e. The van der Waals surface area contributed by atoms with Crippen LogP contribution in [-0.2, 0) is 9.59 Å². The minimum Gasteiger partial charge on any atom is -0.480 e. The van der Waals surface area contributed by atoms with Crippen LogP contribution in [0.25, 0.3) is 0 Å². The predicted octanol–water partition coefficient (Wildman–Crippen LogP) is 0.447. The molecule has 1 amide bonds. The maximum absolute atomic E-state index is 13.0. The zero-order chi connectivity index (χ0) is 23.2. The number of carbonyl (C=O) groups excluding carboxylic acids is 1. The summed E-state index contributed by atoms with van der Waals surface area (Å²) in [5, 5.41) is 33.2. The SMILES string of the molecule is C[C@@H](O)[C@H](NC(=O)[C@H](CO)N[Si](c1ccccc1)(c1ccccc1)C(C)(C)C)C(=O)O. The van der Waals surface area contributed by atoms with E-state index in [1.165, 1.54) is 6.92 Å². The third kappa shape index (κ3) is 5.40. The van der Waals surface area contributed by atoms with Crippen molar-refractivity contribution in [3.05, 3.63) is 60.7 Å². The first-order valence-electron chi connectivity index (χ1n) is 10.3. The molecular formula is C23H32N2O5Si. The molecule has 0 spiro atoms. The Morgan fingerprint density at radius 2 is 1.42 bits per heavy atom. The number of amides is 1. The molecule has 0 aliphatic heterocycles. The van der Waals surface area contributed by atoms with Gasteiger partial charge in [0.05, 0.1) is 12.7 Å². The summed E-state index contributed by atoms with van der Waals surface area (Å²) in [6, 6.07) is 17.1. The highest BCUT2D eigenvalue weighted by Crippen LogP contribution is 2.34. The number of carboxylic acids is 1. The molecule has 2 aromatic rings. The Balaban J connectivity index is 2.56. The smallest absolute Gasteiger partial charge is 0.328 e. The van der Waals surface area contributed by atoms with Crippen molar-refractivity contribution >= 4 is 30.5 Å². The van der Waals surface area contributed by atoms with Gasteiger partial charge in [-0.25, -0.2) is 4.79 Å². The van der Waals surface area contributed by atoms with Crippen LogP contribution < -0.4 is 20.7 Å². The minimum absolute atomic E-state index is 0.320. The molecule has 168 valence electrons. The standard InChI is InChI=1S/C23H32N2O5Si/c1-16(27)20(22(29)30)24-21(28)19(15-26)25-31(23(2,3)4,17-11-7-5-8-12-17)18-13-9-6-10-14-18/h5-14,16,19-20,25-27H,15H2,1-4H3,(H,24,28)(H,29,30)/t16-,19+,20+/m1/s1. The van der Waals surface area contributed by atoms with Gasteiger partial charge in [-0.1, -0.05) is 81.4 Å². The molecule has 5 N–H and O–H groups in total. The summed E-state index contributed by atoms with van der Waals surface area (Å²) in [4.78, 5) is 27.9. The van der Waals surface area contributed by atoms with Crippen molar-refractivity contribution in [3.63, 3.8) is 0 Å². The molecule has 2 rings (SSSR count). The number of aliphatic hydroxyl groups excluding tert-OH is 2. The summed E-state index contributed by atoms with van der Waals surface area (Å²) in [5.41, 5.74) is 0. The van der Waals surface area contributed by atoms with Crippen molar-refractivity contribution < 1.29 is 24.9 Å². The van der Waals surface area contributed by atoms with E-state index >= 15 is 0 Å². The Kier molecular flexibility index (Phi) is 8.13. The third-order valence-corrected chi connectivity index (χ3v) is 10.9. The fourth-order valence-corrected chi connectivity index (χ4v) is 8.85. The first-order chi connectivity index (χ1) is 14.5. The van der Waals surface area contributed by atoms with Crippen molar-refractivity contribution in [2.45, 2.75) is 50.9 Å². The van der Waals surface area contributed by atoms with Crippen LogP contribution in [0.4, 0.5) is 0 Å². The molecule has 0 saturated carbocycles. The zero-order valence-electron chi connectivity index (χ0n) is 18.4. The van der Waals surface area contributed by atoms with E-state index in [0.29, 0.717) is 0 Å². The number of carboxylic acid groups (broad SMARTS) is 1. The third-order valence-electron chi connectivity index (χ3n) is 5.47. The lowest BCUT2D eigenvalue weighted by Crippen LogP contribution is -2.77. The molecule has 0 radical (unpaired) electrons. The van der Waals surface area contributed by atoms with Gasteiger partial charge in [0, 0.05) is 0 Å². The Hall–Kier alpha value is -2.52. The van der Waals surface area contributed by atoms with Crippen LogP contribution in [0.5, 0.6) is 0 Å². The van der Waals surface area contributed by atoms with E-state index in [1.54, 1.807) is 0 Å². The molecule has 2 aromatic carbocycles. The lowest BCUT2D eigenvalue weighted by Gasteiger charge is -2.46. The molecule has 0 aromatic heterocycles. The fourth-order valence-electron chi connectivity index (χ4n) is 3.89. The highest BCUT2D eigenvalue weighted by atomic mass is 28.3. The van der Waals surface area contributed by atoms with Gasteiger partial charge in [-0.05, 0) is 22.3 Å². The van der Waals surface area contributed by atoms with Crippen LogP contribution in [0.3, 0.4) is 0 Å². The fraction of sp³-hybridized carbons (Fsp3) is 0.391. The summed E-state index contributed by atoms with van der Waals surface area (Å²) in [6.45, 7) is 7.04. The molecule has 7 nitrogen and oxygen atoms in total. The monoisotopic (exact) mass is 444 g/mol. The number of aliphatic carboxylic acids is 1. The summed E-state index contributed by atoms with van der Waals surface area (Å²) in [5.74, 6) is -2.02. The molecule has 0 aliphatic carbocycles. The van der Waals surface area contributed by atoms with E-state index in [0.717, 1.165) is 10.4 Å². The van der Waals surface area contributed by atoms with Gasteiger partial charge in [-0.15, -0.1) is 0 Å². The first kappa shape index (κ1) is 24.7. The second-order valence-corrected chi connectivity index (χ2v) is 13.1. The molecule has 0 fully saturated rings. The average molecular weight is 445 g/mol. The maximum atomic E-state index is 13.0. The van der Waals surface area contributed by atoms with Gasteiger partial charge in [0.2, 0.25) is 5.91 Å². The van der Waals surface area contributed by atoms with Crippen LogP contribution in [0.2, 0.25) is 5.04 Å². The Morgan fingerprint density at radius 1 is 0.968 bits per heavy atom. The van der Waals surface area contributed by atoms with Crippen molar-refractivity contribution in [3.8, 4) is 0 Å². The number of carbonyl (C=O) groups is 2. The lowest BCUT2D eigenvalue weighted by atomic mass is 10.1. The predicted molar refractivity (Wildman–Crippen MR) is 123 cm³/mol. The number of rotatable bonds is 9. The lowest BCUT2D eigenvalue weighted by molar-refractivity contribution is -0.145. The number of hydrogen-bond acceptors (Lipinski definition) is 5. The second kappa shape index (κ2) is 10.2. The molecule has 0 bridgehead atoms. The molecule has 0 heterocycles. The van der Waals surface area contributed by atoms with Crippen LogP contribution in [0.15, 0.2) is 60.7 Å². The zero-order valence-corrected chi connectivity index (χ0v) is 19.4. The van der Waals surface area contributed by atoms with Crippen molar-refractivity contribution in [1.82, 2.24) is 10.3 Å². The molecule has 0 unspecified atom stereocenters. The summed E-state index contributed by atoms with van der Waals surface area (Å²) in [7, 11) is -2.88.